The smallest absolute Gasteiger partial charge is 0.146 e. The second-order valence-corrected chi connectivity index (χ2v) is 3.59. The van der Waals surface area contributed by atoms with E-state index in [0.717, 1.165) is 16.4 Å². The minimum atomic E-state index is 0.632. The lowest BCUT2D eigenvalue weighted by molar-refractivity contribution is 0.148. The van der Waals surface area contributed by atoms with E-state index in [1.165, 1.54) is 25.7 Å². The van der Waals surface area contributed by atoms with E-state index in [2.05, 4.69) is 6.92 Å². The summed E-state index contributed by atoms with van der Waals surface area (Å²) in [5.74, 6) is 0.957. The van der Waals surface area contributed by atoms with Gasteiger partial charge in [-0.3, -0.25) is 0 Å². The lowest BCUT2D eigenvalue weighted by atomic mass is 9.89. The molecule has 0 bridgehead atoms. The molecule has 0 radical (unpaired) electrons. The zero-order chi connectivity index (χ0) is 6.69. The Bertz CT molecular complexity index is 77.0. The maximum absolute atomic E-state index is 5.38. The van der Waals surface area contributed by atoms with E-state index in [9.17, 15) is 0 Å². The summed E-state index contributed by atoms with van der Waals surface area (Å²) < 4.78 is 5.38. The fourth-order valence-electron chi connectivity index (χ4n) is 1.47. The average molecular weight is 144 g/mol. The van der Waals surface area contributed by atoms with E-state index in [-0.39, 0.29) is 0 Å². The maximum atomic E-state index is 5.38. The molecule has 0 saturated heterocycles. The van der Waals surface area contributed by atoms with Crippen LogP contribution >= 0.6 is 0 Å². The molecule has 1 aliphatic carbocycles. The van der Waals surface area contributed by atoms with Crippen LogP contribution in [0.4, 0.5) is 0 Å². The molecule has 1 fully saturated rings. The van der Waals surface area contributed by atoms with Crippen molar-refractivity contribution in [2.24, 2.45) is 5.92 Å². The van der Waals surface area contributed by atoms with Crippen molar-refractivity contribution in [2.45, 2.75) is 38.7 Å². The van der Waals surface area contributed by atoms with Gasteiger partial charge in [0.1, 0.15) is 10.5 Å². The van der Waals surface area contributed by atoms with E-state index in [4.69, 9.17) is 4.43 Å². The Hall–Kier alpha value is 0.177. The van der Waals surface area contributed by atoms with Crippen molar-refractivity contribution >= 4 is 10.5 Å². The van der Waals surface area contributed by atoms with E-state index < -0.39 is 0 Å². The number of hydrogen-bond acceptors (Lipinski definition) is 1. The predicted octanol–water partition coefficient (Wildman–Crippen LogP) is 0.862. The van der Waals surface area contributed by atoms with Crippen molar-refractivity contribution in [3.05, 3.63) is 0 Å². The first-order valence-corrected chi connectivity index (χ1v) is 4.67. The summed E-state index contributed by atoms with van der Waals surface area (Å²) in [5, 5.41) is 0. The first-order valence-electron chi connectivity index (χ1n) is 3.85. The van der Waals surface area contributed by atoms with Gasteiger partial charge in [-0.05, 0) is 31.6 Å². The van der Waals surface area contributed by atoms with Crippen molar-refractivity contribution in [3.8, 4) is 0 Å². The normalized spacial score (nSPS) is 37.0. The molecular formula is C7H16OSi. The maximum Gasteiger partial charge on any atom is 0.146 e. The second-order valence-electron chi connectivity index (χ2n) is 3.12. The molecule has 0 atom stereocenters. The summed E-state index contributed by atoms with van der Waals surface area (Å²) in [6.45, 7) is 2.34. The Morgan fingerprint density at radius 1 is 1.22 bits per heavy atom. The highest BCUT2D eigenvalue weighted by Crippen LogP contribution is 2.24. The van der Waals surface area contributed by atoms with Gasteiger partial charge < -0.3 is 4.43 Å². The van der Waals surface area contributed by atoms with E-state index in [1.54, 1.807) is 0 Å². The van der Waals surface area contributed by atoms with Gasteiger partial charge in [0.25, 0.3) is 0 Å². The van der Waals surface area contributed by atoms with Crippen LogP contribution in [0.25, 0.3) is 0 Å². The molecule has 1 rings (SSSR count). The summed E-state index contributed by atoms with van der Waals surface area (Å²) in [5.41, 5.74) is 0. The van der Waals surface area contributed by atoms with Gasteiger partial charge in [-0.2, -0.15) is 0 Å². The SMILES string of the molecule is CC1CCC(O[SiH3])CC1. The highest BCUT2D eigenvalue weighted by molar-refractivity contribution is 5.98. The molecule has 9 heavy (non-hydrogen) atoms. The van der Waals surface area contributed by atoms with Crippen LogP contribution in [0.2, 0.25) is 0 Å². The molecule has 0 spiro atoms. The van der Waals surface area contributed by atoms with Crippen molar-refractivity contribution in [1.82, 2.24) is 0 Å². The standard InChI is InChI=1S/C7H16OSi/c1-6-2-4-7(8-9)5-3-6/h6-7H,2-5H2,1,9H3. The molecule has 0 heterocycles. The van der Waals surface area contributed by atoms with Gasteiger partial charge in [0.2, 0.25) is 0 Å². The average Bonchev–Trinajstić information content (AvgIpc) is 1.90. The Balaban J connectivity index is 2.18. The molecule has 0 N–H and O–H groups in total. The molecule has 0 aromatic heterocycles. The second kappa shape index (κ2) is 3.37. The first-order chi connectivity index (χ1) is 4.33. The van der Waals surface area contributed by atoms with Crippen molar-refractivity contribution in [3.63, 3.8) is 0 Å². The zero-order valence-corrected chi connectivity index (χ0v) is 8.39. The fraction of sp³-hybridized carbons (Fsp3) is 1.00. The third-order valence-corrected chi connectivity index (χ3v) is 2.96. The van der Waals surface area contributed by atoms with E-state index >= 15 is 0 Å². The molecule has 1 saturated carbocycles. The van der Waals surface area contributed by atoms with Crippen molar-refractivity contribution in [2.75, 3.05) is 0 Å². The molecule has 2 heteroatoms. The van der Waals surface area contributed by atoms with Crippen molar-refractivity contribution in [1.29, 1.82) is 0 Å². The quantitative estimate of drug-likeness (QED) is 0.496. The highest BCUT2D eigenvalue weighted by Gasteiger charge is 2.16. The molecule has 0 aromatic rings. The Morgan fingerprint density at radius 2 is 1.78 bits per heavy atom. The Morgan fingerprint density at radius 3 is 2.22 bits per heavy atom. The van der Waals surface area contributed by atoms with Gasteiger partial charge in [-0.15, -0.1) is 0 Å². The fourth-order valence-corrected chi connectivity index (χ4v) is 1.94. The summed E-state index contributed by atoms with van der Waals surface area (Å²) in [6.07, 6.45) is 6.02. The Kier molecular flexibility index (Phi) is 2.73. The summed E-state index contributed by atoms with van der Waals surface area (Å²) in [4.78, 5) is 0. The van der Waals surface area contributed by atoms with Gasteiger partial charge in [-0.1, -0.05) is 6.92 Å². The van der Waals surface area contributed by atoms with Gasteiger partial charge in [0.05, 0.1) is 0 Å². The summed E-state index contributed by atoms with van der Waals surface area (Å²) >= 11 is 0. The topological polar surface area (TPSA) is 9.23 Å². The molecule has 1 aliphatic rings. The first kappa shape index (κ1) is 7.29. The largest absolute Gasteiger partial charge is 0.425 e. The zero-order valence-electron chi connectivity index (χ0n) is 6.39. The third-order valence-electron chi connectivity index (χ3n) is 2.30. The van der Waals surface area contributed by atoms with Crippen LogP contribution in [0.5, 0.6) is 0 Å². The molecule has 54 valence electrons. The van der Waals surface area contributed by atoms with Crippen LogP contribution in [-0.4, -0.2) is 16.6 Å². The predicted molar refractivity (Wildman–Crippen MR) is 42.4 cm³/mol. The third kappa shape index (κ3) is 2.10. The molecule has 0 unspecified atom stereocenters. The minimum absolute atomic E-state index is 0.632. The monoisotopic (exact) mass is 144 g/mol. The molecule has 0 amide bonds. The van der Waals surface area contributed by atoms with Crippen LogP contribution in [0, 0.1) is 5.92 Å². The van der Waals surface area contributed by atoms with Crippen LogP contribution in [-0.2, 0) is 4.43 Å². The van der Waals surface area contributed by atoms with Crippen molar-refractivity contribution < 1.29 is 4.43 Å². The van der Waals surface area contributed by atoms with Crippen LogP contribution in [0.15, 0.2) is 0 Å². The van der Waals surface area contributed by atoms with Crippen LogP contribution < -0.4 is 0 Å². The van der Waals surface area contributed by atoms with E-state index in [1.807, 2.05) is 0 Å². The molecule has 1 nitrogen and oxygen atoms in total. The molecule has 0 aromatic carbocycles. The summed E-state index contributed by atoms with van der Waals surface area (Å²) in [7, 11) is 0.923. The van der Waals surface area contributed by atoms with Gasteiger partial charge in [0.15, 0.2) is 0 Å². The van der Waals surface area contributed by atoms with Gasteiger partial charge in [0, 0.05) is 6.10 Å². The molecular weight excluding hydrogens is 128 g/mol. The summed E-state index contributed by atoms with van der Waals surface area (Å²) in [6, 6.07) is 0. The molecule has 0 aliphatic heterocycles. The minimum Gasteiger partial charge on any atom is -0.425 e. The van der Waals surface area contributed by atoms with Gasteiger partial charge >= 0.3 is 0 Å². The van der Waals surface area contributed by atoms with Gasteiger partial charge in [-0.25, -0.2) is 0 Å². The van der Waals surface area contributed by atoms with E-state index in [0.29, 0.717) is 6.10 Å². The number of hydrogen-bond donors (Lipinski definition) is 0. The van der Waals surface area contributed by atoms with Crippen LogP contribution in [0.3, 0.4) is 0 Å². The number of rotatable bonds is 1. The lowest BCUT2D eigenvalue weighted by Crippen LogP contribution is -2.18. The Labute approximate surface area is 60.3 Å². The highest BCUT2D eigenvalue weighted by atomic mass is 28.2. The van der Waals surface area contributed by atoms with Crippen LogP contribution in [0.1, 0.15) is 32.6 Å². The lowest BCUT2D eigenvalue weighted by Gasteiger charge is -2.25.